The van der Waals surface area contributed by atoms with Crippen molar-refractivity contribution in [1.82, 2.24) is 0 Å². The smallest absolute Gasteiger partial charge is 0.756 e. The van der Waals surface area contributed by atoms with Gasteiger partial charge in [-0.15, -0.1) is 0 Å². The largest absolute Gasteiger partial charge is 1.00 e. The molecule has 0 aliphatic rings. The number of hydrogen-bond acceptors (Lipinski definition) is 8. The predicted molar refractivity (Wildman–Crippen MR) is 44.8 cm³/mol. The van der Waals surface area contributed by atoms with Crippen molar-refractivity contribution in [2.45, 2.75) is 0 Å². The van der Waals surface area contributed by atoms with Crippen LogP contribution in [0.25, 0.3) is 0 Å². The van der Waals surface area contributed by atoms with E-state index in [1.807, 2.05) is 0 Å². The summed E-state index contributed by atoms with van der Waals surface area (Å²) < 4.78 is 50.5. The van der Waals surface area contributed by atoms with Gasteiger partial charge >= 0.3 is 92.4 Å². The van der Waals surface area contributed by atoms with Gasteiger partial charge in [-0.25, -0.2) is 18.0 Å². The third kappa shape index (κ3) is 13.6. The third-order valence-corrected chi connectivity index (χ3v) is 5.60. The molecule has 0 fully saturated rings. The zero-order chi connectivity index (χ0) is 14.1. The molecule has 0 spiro atoms. The zero-order valence-electron chi connectivity index (χ0n) is 8.29. The first-order valence-corrected chi connectivity index (χ1v) is 9.02. The first-order valence-electron chi connectivity index (χ1n) is 3.01. The van der Waals surface area contributed by atoms with E-state index in [4.69, 9.17) is 24.5 Å². The molecular weight excluding hydrogens is 465 g/mol. The van der Waals surface area contributed by atoms with E-state index in [-0.39, 0.29) is 68.9 Å². The summed E-state index contributed by atoms with van der Waals surface area (Å²) in [6.07, 6.45) is 0. The molecule has 0 saturated heterocycles. The van der Waals surface area contributed by atoms with Gasteiger partial charge in [0, 0.05) is 0 Å². The van der Waals surface area contributed by atoms with E-state index in [1.54, 1.807) is 0 Å². The Morgan fingerprint density at radius 1 is 0.722 bits per heavy atom. The van der Waals surface area contributed by atoms with Crippen LogP contribution in [-0.4, -0.2) is 24.5 Å². The van der Waals surface area contributed by atoms with E-state index in [9.17, 15) is 23.2 Å². The summed E-state index contributed by atoms with van der Waals surface area (Å²) in [6.45, 7) is 0. The average Bonchev–Trinajstić information content (AvgIpc) is 1.65. The van der Waals surface area contributed by atoms with Crippen LogP contribution in [0.4, 0.5) is 0 Å². The van der Waals surface area contributed by atoms with Gasteiger partial charge in [0.05, 0.1) is 0 Å². The van der Waals surface area contributed by atoms with Crippen LogP contribution >= 0.6 is 31.3 Å². The second-order valence-electron chi connectivity index (χ2n) is 2.14. The molecule has 0 aromatic carbocycles. The SMILES string of the molecule is O=P([O-])(O)OP(=O)(O)OP(=O)(O)OP(=O)(O)O.[Cs+]. The molecule has 3 atom stereocenters. The van der Waals surface area contributed by atoms with Crippen LogP contribution in [0.1, 0.15) is 0 Å². The topological polar surface area (TPSA) is 220 Å². The van der Waals surface area contributed by atoms with Gasteiger partial charge in [-0.3, -0.25) is 4.57 Å². The second-order valence-corrected chi connectivity index (χ2v) is 7.89. The molecule has 18 heavy (non-hydrogen) atoms. The Hall–Kier alpha value is 2.61. The van der Waals surface area contributed by atoms with E-state index in [0.717, 1.165) is 0 Å². The molecule has 18 heteroatoms. The molecule has 0 bridgehead atoms. The molecule has 0 aromatic heterocycles. The maximum atomic E-state index is 10.7. The van der Waals surface area contributed by atoms with Crippen molar-refractivity contribution < 1.29 is 129 Å². The summed E-state index contributed by atoms with van der Waals surface area (Å²) >= 11 is 0. The Bertz CT molecular complexity index is 408. The summed E-state index contributed by atoms with van der Waals surface area (Å²) in [5.74, 6) is 0. The summed E-state index contributed by atoms with van der Waals surface area (Å²) in [4.78, 5) is 51.2. The molecule has 104 valence electrons. The molecule has 5 N–H and O–H groups in total. The van der Waals surface area contributed by atoms with Crippen LogP contribution in [0.5, 0.6) is 0 Å². The van der Waals surface area contributed by atoms with Gasteiger partial charge in [0.15, 0.2) is 0 Å². The average molecular weight is 470 g/mol. The van der Waals surface area contributed by atoms with Crippen LogP contribution in [0.2, 0.25) is 0 Å². The minimum Gasteiger partial charge on any atom is -0.756 e. The summed E-state index contributed by atoms with van der Waals surface area (Å²) in [5.41, 5.74) is 0. The van der Waals surface area contributed by atoms with E-state index in [0.29, 0.717) is 0 Å². The number of rotatable bonds is 6. The summed E-state index contributed by atoms with van der Waals surface area (Å²) in [6, 6.07) is 0. The fraction of sp³-hybridized carbons (Fsp3) is 0. The molecule has 0 aromatic rings. The fourth-order valence-electron chi connectivity index (χ4n) is 0.425. The van der Waals surface area contributed by atoms with Crippen molar-refractivity contribution in [3.8, 4) is 0 Å². The van der Waals surface area contributed by atoms with Gasteiger partial charge in [0.1, 0.15) is 0 Å². The van der Waals surface area contributed by atoms with Crippen molar-refractivity contribution in [1.29, 1.82) is 0 Å². The zero-order valence-corrected chi connectivity index (χ0v) is 18.1. The molecule has 0 amide bonds. The first-order chi connectivity index (χ1) is 7.12. The molecule has 0 saturated carbocycles. The Balaban J connectivity index is 0. The Morgan fingerprint density at radius 3 is 1.33 bits per heavy atom. The van der Waals surface area contributed by atoms with Crippen LogP contribution < -0.4 is 73.8 Å². The number of hydrogen-bond donors (Lipinski definition) is 5. The second kappa shape index (κ2) is 7.75. The van der Waals surface area contributed by atoms with Gasteiger partial charge in [-0.2, -0.15) is 8.62 Å². The van der Waals surface area contributed by atoms with Gasteiger partial charge in [0.25, 0.3) is 7.82 Å². The molecular formula is H5CsO13P4. The van der Waals surface area contributed by atoms with Crippen molar-refractivity contribution in [3.63, 3.8) is 0 Å². The summed E-state index contributed by atoms with van der Waals surface area (Å²) in [5, 5.41) is 0. The van der Waals surface area contributed by atoms with E-state index < -0.39 is 31.3 Å². The predicted octanol–water partition coefficient (Wildman–Crippen LogP) is -4.21. The van der Waals surface area contributed by atoms with E-state index >= 15 is 0 Å². The van der Waals surface area contributed by atoms with Crippen molar-refractivity contribution in [3.05, 3.63) is 0 Å². The van der Waals surface area contributed by atoms with E-state index in [1.165, 1.54) is 0 Å². The van der Waals surface area contributed by atoms with Crippen molar-refractivity contribution in [2.75, 3.05) is 0 Å². The van der Waals surface area contributed by atoms with Crippen molar-refractivity contribution in [2.24, 2.45) is 0 Å². The minimum absolute atomic E-state index is 0. The van der Waals surface area contributed by atoms with Crippen LogP contribution in [0.15, 0.2) is 0 Å². The normalized spacial score (nSPS) is 22.1. The van der Waals surface area contributed by atoms with Gasteiger partial charge < -0.3 is 29.4 Å². The fourth-order valence-corrected chi connectivity index (χ4v) is 4.36. The molecule has 0 aliphatic heterocycles. The maximum Gasteiger partial charge on any atom is 1.00 e. The Labute approximate surface area is 158 Å². The standard InChI is InChI=1S/Cs.H6O13P4/c;1-14(2,3)11-16(7,8)13-17(9,10)12-15(4,5)6/h;(H,7,8)(H,9,10)(H2,1,2,3)(H2,4,5,6)/q+1;/p-1. The Morgan fingerprint density at radius 2 is 1.06 bits per heavy atom. The molecule has 0 rings (SSSR count). The summed E-state index contributed by atoms with van der Waals surface area (Å²) in [7, 11) is -23.0. The molecule has 0 aliphatic carbocycles. The van der Waals surface area contributed by atoms with Crippen molar-refractivity contribution >= 4 is 31.3 Å². The van der Waals surface area contributed by atoms with E-state index in [2.05, 4.69) is 12.9 Å². The van der Waals surface area contributed by atoms with Gasteiger partial charge in [-0.1, -0.05) is 0 Å². The molecule has 0 heterocycles. The monoisotopic (exact) mass is 470 g/mol. The first kappa shape index (κ1) is 22.9. The quantitative estimate of drug-likeness (QED) is 0.233. The van der Waals surface area contributed by atoms with Crippen LogP contribution in [0, 0.1) is 0 Å². The van der Waals surface area contributed by atoms with Gasteiger partial charge in [-0.05, 0) is 0 Å². The molecule has 0 radical (unpaired) electrons. The van der Waals surface area contributed by atoms with Crippen LogP contribution in [-0.2, 0) is 31.2 Å². The van der Waals surface area contributed by atoms with Crippen LogP contribution in [0.3, 0.4) is 0 Å². The Kier molecular flexibility index (Phi) is 9.85. The maximum absolute atomic E-state index is 10.7. The van der Waals surface area contributed by atoms with Gasteiger partial charge in [0.2, 0.25) is 0 Å². The number of phosphoric acid groups is 4. The minimum atomic E-state index is -5.83. The molecule has 3 unspecified atom stereocenters. The molecule has 13 nitrogen and oxygen atoms in total. The third-order valence-electron chi connectivity index (χ3n) is 0.622.